The number of nitrogens with two attached hydrogens (primary N) is 1. The Bertz CT molecular complexity index is 117. The molecule has 0 aromatic heterocycles. The molecular weight excluding hydrogens is 143 g/mol. The molecule has 3 heteroatoms. The summed E-state index contributed by atoms with van der Waals surface area (Å²) in [5.41, 5.74) is 5.25. The van der Waals surface area contributed by atoms with Gasteiger partial charge < -0.3 is 11.1 Å². The molecule has 0 bridgehead atoms. The van der Waals surface area contributed by atoms with Crippen molar-refractivity contribution in [2.45, 2.75) is 37.8 Å². The monoisotopic (exact) mass is 160 g/mol. The molecule has 1 saturated heterocycles. The fraction of sp³-hybridized carbons (Fsp3) is 1.00. The van der Waals surface area contributed by atoms with E-state index in [1.54, 1.807) is 0 Å². The number of nitrogens with one attached hydrogen (secondary N) is 1. The fourth-order valence-corrected chi connectivity index (χ4v) is 1.61. The van der Waals surface area contributed by atoms with Crippen LogP contribution in [-0.4, -0.2) is 24.8 Å². The first-order chi connectivity index (χ1) is 5.23. The molecule has 0 spiro atoms. The molecule has 1 aliphatic rings. The molecule has 1 heterocycles. The zero-order chi connectivity index (χ0) is 8.32. The summed E-state index contributed by atoms with van der Waals surface area (Å²) in [5, 5.41) is 3.23. The third-order valence-electron chi connectivity index (χ3n) is 2.66. The van der Waals surface area contributed by atoms with Crippen LogP contribution in [0.2, 0.25) is 0 Å². The Labute approximate surface area is 67.3 Å². The van der Waals surface area contributed by atoms with Crippen LogP contribution in [0.3, 0.4) is 0 Å². The molecule has 66 valence electrons. The molecule has 0 amide bonds. The average Bonchev–Trinajstić information content (AvgIpc) is 2.55. The first kappa shape index (κ1) is 8.94. The summed E-state index contributed by atoms with van der Waals surface area (Å²) in [5.74, 6) is 0. The largest absolute Gasteiger partial charge is 0.322 e. The summed E-state index contributed by atoms with van der Waals surface area (Å²) < 4.78 is 12.5. The van der Waals surface area contributed by atoms with Crippen molar-refractivity contribution in [2.75, 3.05) is 13.2 Å². The third kappa shape index (κ3) is 1.71. The van der Waals surface area contributed by atoms with Crippen molar-refractivity contribution in [3.63, 3.8) is 0 Å². The predicted octanol–water partition coefficient (Wildman–Crippen LogP) is 0.815. The van der Waals surface area contributed by atoms with Crippen molar-refractivity contribution in [3.8, 4) is 0 Å². The molecule has 1 unspecified atom stereocenters. The maximum atomic E-state index is 12.5. The van der Waals surface area contributed by atoms with Crippen LogP contribution < -0.4 is 11.1 Å². The lowest BCUT2D eigenvalue weighted by molar-refractivity contribution is 0.237. The molecule has 3 N–H and O–H groups in total. The van der Waals surface area contributed by atoms with Gasteiger partial charge in [0.05, 0.1) is 5.54 Å². The highest BCUT2D eigenvalue weighted by Gasteiger charge is 2.34. The number of rotatable bonds is 3. The number of alkyl halides is 1. The van der Waals surface area contributed by atoms with Gasteiger partial charge in [-0.25, -0.2) is 4.39 Å². The molecule has 1 aliphatic heterocycles. The Balaban J connectivity index is 2.52. The van der Waals surface area contributed by atoms with Crippen LogP contribution >= 0.6 is 0 Å². The van der Waals surface area contributed by atoms with Crippen molar-refractivity contribution in [1.82, 2.24) is 5.32 Å². The lowest BCUT2D eigenvalue weighted by Gasteiger charge is -2.31. The van der Waals surface area contributed by atoms with Crippen molar-refractivity contribution in [3.05, 3.63) is 0 Å². The van der Waals surface area contributed by atoms with E-state index in [-0.39, 0.29) is 6.04 Å². The highest BCUT2D eigenvalue weighted by atomic mass is 19.1. The van der Waals surface area contributed by atoms with Crippen LogP contribution in [0.5, 0.6) is 0 Å². The first-order valence-corrected chi connectivity index (χ1v) is 4.31. The second-order valence-corrected chi connectivity index (χ2v) is 3.37. The van der Waals surface area contributed by atoms with Crippen LogP contribution in [0.4, 0.5) is 4.39 Å². The van der Waals surface area contributed by atoms with E-state index in [2.05, 4.69) is 5.32 Å². The van der Waals surface area contributed by atoms with Gasteiger partial charge in [0.15, 0.2) is 0 Å². The molecule has 0 aromatic carbocycles. The zero-order valence-electron chi connectivity index (χ0n) is 7.07. The number of hydrogen-bond acceptors (Lipinski definition) is 2. The van der Waals surface area contributed by atoms with Crippen LogP contribution in [0.15, 0.2) is 0 Å². The Kier molecular flexibility index (Phi) is 2.84. The van der Waals surface area contributed by atoms with Gasteiger partial charge in [0.1, 0.15) is 6.67 Å². The maximum Gasteiger partial charge on any atom is 0.109 e. The van der Waals surface area contributed by atoms with E-state index in [1.807, 2.05) is 6.92 Å². The van der Waals surface area contributed by atoms with Gasteiger partial charge in [0.2, 0.25) is 0 Å². The van der Waals surface area contributed by atoms with E-state index in [0.29, 0.717) is 6.42 Å². The van der Waals surface area contributed by atoms with Gasteiger partial charge in [0, 0.05) is 6.04 Å². The third-order valence-corrected chi connectivity index (χ3v) is 2.66. The van der Waals surface area contributed by atoms with Gasteiger partial charge in [-0.3, -0.25) is 0 Å². The van der Waals surface area contributed by atoms with Crippen molar-refractivity contribution in [2.24, 2.45) is 5.73 Å². The minimum atomic E-state index is -0.615. The number of hydrogen-bond donors (Lipinski definition) is 2. The quantitative estimate of drug-likeness (QED) is 0.641. The minimum Gasteiger partial charge on any atom is -0.322 e. The van der Waals surface area contributed by atoms with E-state index < -0.39 is 12.2 Å². The molecule has 0 aliphatic carbocycles. The normalized spacial score (nSPS) is 30.3. The van der Waals surface area contributed by atoms with Crippen LogP contribution in [0, 0.1) is 0 Å². The Hall–Kier alpha value is -0.150. The highest BCUT2D eigenvalue weighted by Crippen LogP contribution is 2.20. The predicted molar refractivity (Wildman–Crippen MR) is 44.2 cm³/mol. The van der Waals surface area contributed by atoms with Gasteiger partial charge in [-0.05, 0) is 25.8 Å². The Morgan fingerprint density at radius 1 is 1.73 bits per heavy atom. The van der Waals surface area contributed by atoms with Gasteiger partial charge in [-0.1, -0.05) is 6.92 Å². The highest BCUT2D eigenvalue weighted by molar-refractivity contribution is 4.97. The van der Waals surface area contributed by atoms with Crippen molar-refractivity contribution < 1.29 is 4.39 Å². The standard InChI is InChI=1S/C8H17FN2/c1-2-8(10,6-9)7-4-3-5-11-7/h7,11H,2-6,10H2,1H3/t7?,8-/m1/s1. The van der Waals surface area contributed by atoms with Gasteiger partial charge in [-0.15, -0.1) is 0 Å². The van der Waals surface area contributed by atoms with E-state index in [4.69, 9.17) is 5.73 Å². The van der Waals surface area contributed by atoms with Crippen molar-refractivity contribution >= 4 is 0 Å². The van der Waals surface area contributed by atoms with Crippen LogP contribution in [0.25, 0.3) is 0 Å². The first-order valence-electron chi connectivity index (χ1n) is 4.31. The second-order valence-electron chi connectivity index (χ2n) is 3.37. The summed E-state index contributed by atoms with van der Waals surface area (Å²) in [6, 6.07) is 0.192. The Morgan fingerprint density at radius 3 is 2.82 bits per heavy atom. The molecular formula is C8H17FN2. The minimum absolute atomic E-state index is 0.192. The number of halogens is 1. The molecule has 2 atom stereocenters. The maximum absolute atomic E-state index is 12.5. The zero-order valence-corrected chi connectivity index (χ0v) is 7.07. The molecule has 0 aromatic rings. The summed E-state index contributed by atoms with van der Waals surface area (Å²) in [6.45, 7) is 2.52. The molecule has 11 heavy (non-hydrogen) atoms. The smallest absolute Gasteiger partial charge is 0.109 e. The van der Waals surface area contributed by atoms with Gasteiger partial charge >= 0.3 is 0 Å². The lowest BCUT2D eigenvalue weighted by atomic mass is 9.89. The molecule has 1 fully saturated rings. The molecule has 0 saturated carbocycles. The molecule has 1 rings (SSSR count). The van der Waals surface area contributed by atoms with Crippen LogP contribution in [-0.2, 0) is 0 Å². The average molecular weight is 160 g/mol. The molecule has 2 nitrogen and oxygen atoms in total. The second kappa shape index (κ2) is 3.50. The fourth-order valence-electron chi connectivity index (χ4n) is 1.61. The molecule has 0 radical (unpaired) electrons. The van der Waals surface area contributed by atoms with Gasteiger partial charge in [0.25, 0.3) is 0 Å². The Morgan fingerprint density at radius 2 is 2.45 bits per heavy atom. The topological polar surface area (TPSA) is 38.0 Å². The van der Waals surface area contributed by atoms with E-state index >= 15 is 0 Å². The van der Waals surface area contributed by atoms with Gasteiger partial charge in [-0.2, -0.15) is 0 Å². The summed E-state index contributed by atoms with van der Waals surface area (Å²) in [7, 11) is 0. The van der Waals surface area contributed by atoms with Crippen LogP contribution in [0.1, 0.15) is 26.2 Å². The van der Waals surface area contributed by atoms with E-state index in [0.717, 1.165) is 19.4 Å². The summed E-state index contributed by atoms with van der Waals surface area (Å²) in [6.07, 6.45) is 2.86. The summed E-state index contributed by atoms with van der Waals surface area (Å²) >= 11 is 0. The van der Waals surface area contributed by atoms with E-state index in [9.17, 15) is 4.39 Å². The lowest BCUT2D eigenvalue weighted by Crippen LogP contribution is -2.56. The SMILES string of the molecule is CC[C@@](N)(CF)C1CCCN1. The van der Waals surface area contributed by atoms with Crippen molar-refractivity contribution in [1.29, 1.82) is 0 Å². The van der Waals surface area contributed by atoms with E-state index in [1.165, 1.54) is 0 Å². The summed E-state index contributed by atoms with van der Waals surface area (Å²) in [4.78, 5) is 0.